The van der Waals surface area contributed by atoms with Gasteiger partial charge in [0.25, 0.3) is 0 Å². The Labute approximate surface area is 95.4 Å². The molecule has 0 aliphatic heterocycles. The first-order valence-corrected chi connectivity index (χ1v) is 5.17. The van der Waals surface area contributed by atoms with Gasteiger partial charge in [0.05, 0.1) is 11.6 Å². The molecule has 0 aliphatic rings. The van der Waals surface area contributed by atoms with Gasteiger partial charge >= 0.3 is 0 Å². The predicted octanol–water partition coefficient (Wildman–Crippen LogP) is 2.85. The van der Waals surface area contributed by atoms with Gasteiger partial charge in [0, 0.05) is 12.1 Å². The number of nitrogens with zero attached hydrogens (tertiary/aromatic N) is 1. The van der Waals surface area contributed by atoms with Gasteiger partial charge in [-0.1, -0.05) is 12.2 Å². The fraction of sp³-hybridized carbons (Fsp3) is 0.231. The van der Waals surface area contributed by atoms with Gasteiger partial charge in [-0.3, -0.25) is 4.79 Å². The predicted molar refractivity (Wildman–Crippen MR) is 63.8 cm³/mol. The number of rotatable bonds is 4. The van der Waals surface area contributed by atoms with E-state index in [1.165, 1.54) is 0 Å². The highest BCUT2D eigenvalue weighted by molar-refractivity contribution is 5.90. The molecule has 1 aromatic carbocycles. The van der Waals surface area contributed by atoms with Gasteiger partial charge in [-0.05, 0) is 37.6 Å². The molecule has 16 heavy (non-hydrogen) atoms. The summed E-state index contributed by atoms with van der Waals surface area (Å²) in [6.45, 7) is 1.93. The zero-order valence-electron chi connectivity index (χ0n) is 9.23. The van der Waals surface area contributed by atoms with Crippen LogP contribution in [0.5, 0.6) is 0 Å². The minimum Gasteiger partial charge on any atom is -0.326 e. The van der Waals surface area contributed by atoms with E-state index in [-0.39, 0.29) is 5.91 Å². The van der Waals surface area contributed by atoms with E-state index in [2.05, 4.69) is 5.32 Å². The van der Waals surface area contributed by atoms with E-state index >= 15 is 0 Å². The van der Waals surface area contributed by atoms with Crippen LogP contribution >= 0.6 is 0 Å². The smallest absolute Gasteiger partial charge is 0.224 e. The Morgan fingerprint density at radius 1 is 1.44 bits per heavy atom. The summed E-state index contributed by atoms with van der Waals surface area (Å²) in [7, 11) is 0. The van der Waals surface area contributed by atoms with Crippen LogP contribution in [0.3, 0.4) is 0 Å². The van der Waals surface area contributed by atoms with Gasteiger partial charge in [0.2, 0.25) is 5.91 Å². The first-order chi connectivity index (χ1) is 7.76. The van der Waals surface area contributed by atoms with Crippen LogP contribution in [0.25, 0.3) is 0 Å². The molecule has 82 valence electrons. The Balaban J connectivity index is 2.47. The van der Waals surface area contributed by atoms with Gasteiger partial charge in [-0.15, -0.1) is 0 Å². The maximum absolute atomic E-state index is 11.4. The lowest BCUT2D eigenvalue weighted by atomic mass is 10.2. The summed E-state index contributed by atoms with van der Waals surface area (Å²) in [5, 5.41) is 11.4. The molecule has 1 rings (SSSR count). The molecule has 0 aromatic heterocycles. The fourth-order valence-corrected chi connectivity index (χ4v) is 1.23. The molecule has 0 aliphatic carbocycles. The number of nitrogens with one attached hydrogen (secondary N) is 1. The number of allylic oxidation sites excluding steroid dienone is 2. The summed E-state index contributed by atoms with van der Waals surface area (Å²) in [5.41, 5.74) is 1.32. The lowest BCUT2D eigenvalue weighted by molar-refractivity contribution is -0.116. The molecule has 0 saturated heterocycles. The highest BCUT2D eigenvalue weighted by Crippen LogP contribution is 2.09. The SMILES string of the molecule is C/C=C/CCC(=O)Nc1ccc(C#N)cc1. The van der Waals surface area contributed by atoms with E-state index in [9.17, 15) is 4.79 Å². The summed E-state index contributed by atoms with van der Waals surface area (Å²) < 4.78 is 0. The van der Waals surface area contributed by atoms with Crippen molar-refractivity contribution in [2.75, 3.05) is 5.32 Å². The van der Waals surface area contributed by atoms with Gasteiger partial charge in [0.15, 0.2) is 0 Å². The van der Waals surface area contributed by atoms with Crippen molar-refractivity contribution in [3.05, 3.63) is 42.0 Å². The lowest BCUT2D eigenvalue weighted by Gasteiger charge is -2.03. The van der Waals surface area contributed by atoms with Gasteiger partial charge in [0.1, 0.15) is 0 Å². The highest BCUT2D eigenvalue weighted by Gasteiger charge is 2.00. The van der Waals surface area contributed by atoms with Crippen LogP contribution in [0.1, 0.15) is 25.3 Å². The minimum absolute atomic E-state index is 0.0113. The molecule has 0 fully saturated rings. The van der Waals surface area contributed by atoms with Crippen molar-refractivity contribution in [3.8, 4) is 6.07 Å². The number of hydrogen-bond acceptors (Lipinski definition) is 2. The Morgan fingerprint density at radius 3 is 2.69 bits per heavy atom. The van der Waals surface area contributed by atoms with Crippen molar-refractivity contribution in [2.24, 2.45) is 0 Å². The average Bonchev–Trinajstić information content (AvgIpc) is 2.30. The van der Waals surface area contributed by atoms with Crippen LogP contribution in [0.2, 0.25) is 0 Å². The summed E-state index contributed by atoms with van der Waals surface area (Å²) in [5.74, 6) is -0.0113. The van der Waals surface area contributed by atoms with Crippen LogP contribution < -0.4 is 5.32 Å². The zero-order valence-corrected chi connectivity index (χ0v) is 9.23. The van der Waals surface area contributed by atoms with E-state index in [0.29, 0.717) is 12.0 Å². The molecule has 0 bridgehead atoms. The molecule has 3 nitrogen and oxygen atoms in total. The molecule has 1 aromatic rings. The van der Waals surface area contributed by atoms with Crippen molar-refractivity contribution in [1.82, 2.24) is 0 Å². The summed E-state index contributed by atoms with van der Waals surface area (Å²) in [6.07, 6.45) is 5.11. The zero-order chi connectivity index (χ0) is 11.8. The molecule has 1 amide bonds. The molecule has 0 saturated carbocycles. The van der Waals surface area contributed by atoms with Gasteiger partial charge in [-0.2, -0.15) is 5.26 Å². The molecule has 0 atom stereocenters. The van der Waals surface area contributed by atoms with Crippen LogP contribution in [-0.2, 0) is 4.79 Å². The third kappa shape index (κ3) is 3.97. The van der Waals surface area contributed by atoms with E-state index in [0.717, 1.165) is 12.1 Å². The average molecular weight is 214 g/mol. The molecular weight excluding hydrogens is 200 g/mol. The highest BCUT2D eigenvalue weighted by atomic mass is 16.1. The number of hydrogen-bond donors (Lipinski definition) is 1. The van der Waals surface area contributed by atoms with E-state index in [1.807, 2.05) is 25.1 Å². The Bertz CT molecular complexity index is 413. The number of amides is 1. The molecule has 3 heteroatoms. The number of anilines is 1. The number of carbonyl (C=O) groups excluding carboxylic acids is 1. The topological polar surface area (TPSA) is 52.9 Å². The van der Waals surface area contributed by atoms with E-state index < -0.39 is 0 Å². The van der Waals surface area contributed by atoms with Crippen LogP contribution in [0.4, 0.5) is 5.69 Å². The standard InChI is InChI=1S/C13H14N2O/c1-2-3-4-5-13(16)15-12-8-6-11(10-14)7-9-12/h2-3,6-9H,4-5H2,1H3,(H,15,16)/b3-2+. The molecule has 0 heterocycles. The van der Waals surface area contributed by atoms with Crippen LogP contribution in [-0.4, -0.2) is 5.91 Å². The van der Waals surface area contributed by atoms with Crippen LogP contribution in [0.15, 0.2) is 36.4 Å². The normalized spacial score (nSPS) is 10.0. The largest absolute Gasteiger partial charge is 0.326 e. The number of nitriles is 1. The number of benzene rings is 1. The molecule has 0 spiro atoms. The quantitative estimate of drug-likeness (QED) is 0.783. The molecular formula is C13H14N2O. The fourth-order valence-electron chi connectivity index (χ4n) is 1.23. The summed E-state index contributed by atoms with van der Waals surface area (Å²) in [4.78, 5) is 11.4. The van der Waals surface area contributed by atoms with Crippen molar-refractivity contribution in [1.29, 1.82) is 5.26 Å². The second-order valence-electron chi connectivity index (χ2n) is 3.35. The first kappa shape index (κ1) is 12.0. The third-order valence-corrected chi connectivity index (χ3v) is 2.07. The van der Waals surface area contributed by atoms with Crippen molar-refractivity contribution in [3.63, 3.8) is 0 Å². The summed E-state index contributed by atoms with van der Waals surface area (Å²) in [6, 6.07) is 8.85. The second-order valence-corrected chi connectivity index (χ2v) is 3.35. The Kier molecular flexibility index (Phi) is 4.81. The third-order valence-electron chi connectivity index (χ3n) is 2.07. The molecule has 0 unspecified atom stereocenters. The Morgan fingerprint density at radius 2 is 2.12 bits per heavy atom. The lowest BCUT2D eigenvalue weighted by Crippen LogP contribution is -2.10. The maximum atomic E-state index is 11.4. The van der Waals surface area contributed by atoms with Gasteiger partial charge < -0.3 is 5.32 Å². The molecule has 0 radical (unpaired) electrons. The van der Waals surface area contributed by atoms with Crippen LogP contribution in [0, 0.1) is 11.3 Å². The monoisotopic (exact) mass is 214 g/mol. The maximum Gasteiger partial charge on any atom is 0.224 e. The minimum atomic E-state index is -0.0113. The van der Waals surface area contributed by atoms with Crippen molar-refractivity contribution >= 4 is 11.6 Å². The van der Waals surface area contributed by atoms with Crippen molar-refractivity contribution in [2.45, 2.75) is 19.8 Å². The van der Waals surface area contributed by atoms with E-state index in [1.54, 1.807) is 24.3 Å². The van der Waals surface area contributed by atoms with Gasteiger partial charge in [-0.25, -0.2) is 0 Å². The second kappa shape index (κ2) is 6.41. The molecule has 1 N–H and O–H groups in total. The first-order valence-electron chi connectivity index (χ1n) is 5.17. The summed E-state index contributed by atoms with van der Waals surface area (Å²) >= 11 is 0. The van der Waals surface area contributed by atoms with Crippen molar-refractivity contribution < 1.29 is 4.79 Å². The number of carbonyl (C=O) groups is 1. The van der Waals surface area contributed by atoms with E-state index in [4.69, 9.17) is 5.26 Å². The Hall–Kier alpha value is -2.08.